The first-order chi connectivity index (χ1) is 25.3. The molecule has 1 aliphatic rings. The molecule has 0 bridgehead atoms. The molecule has 0 saturated heterocycles. The summed E-state index contributed by atoms with van der Waals surface area (Å²) in [5.74, 6) is -1.10. The maximum atomic E-state index is 15.6. The highest BCUT2D eigenvalue weighted by Crippen LogP contribution is 2.46. The van der Waals surface area contributed by atoms with E-state index < -0.39 is 71.8 Å². The quantitative estimate of drug-likeness (QED) is 0.0856. The zero-order valence-electron chi connectivity index (χ0n) is 30.2. The first kappa shape index (κ1) is 38.4. The van der Waals surface area contributed by atoms with Gasteiger partial charge in [0.2, 0.25) is 5.91 Å². The molecule has 4 N–H and O–H groups in total. The summed E-state index contributed by atoms with van der Waals surface area (Å²) in [4.78, 5) is 18.8. The van der Waals surface area contributed by atoms with E-state index in [2.05, 4.69) is 27.4 Å². The van der Waals surface area contributed by atoms with Crippen molar-refractivity contribution >= 4 is 22.6 Å². The lowest BCUT2D eigenvalue weighted by Gasteiger charge is -2.23. The molecule has 0 aliphatic heterocycles. The third kappa shape index (κ3) is 7.79. The first-order valence-corrected chi connectivity index (χ1v) is 17.3. The number of halogens is 6. The Balaban J connectivity index is 1.52. The second-order valence-corrected chi connectivity index (χ2v) is 14.3. The molecule has 3 heterocycles. The topological polar surface area (TPSA) is 124 Å². The number of nitrogens with zero attached hydrogens (tertiary/aromatic N) is 5. The fraction of sp³-hybridized carbons (Fsp3) is 0.385. The largest absolute Gasteiger partial charge is 0.382 e. The van der Waals surface area contributed by atoms with Crippen LogP contribution in [0.3, 0.4) is 0 Å². The molecule has 1 amide bonds. The van der Waals surface area contributed by atoms with E-state index in [1.54, 1.807) is 36.9 Å². The molecular weight excluding hydrogens is 712 g/mol. The molecule has 0 saturated carbocycles. The number of aromatic nitrogens is 5. The average molecular weight is 752 g/mol. The van der Waals surface area contributed by atoms with Crippen LogP contribution in [0.2, 0.25) is 0 Å². The normalized spacial score (nSPS) is 16.1. The maximum Gasteiger partial charge on any atom is 0.289 e. The van der Waals surface area contributed by atoms with Gasteiger partial charge in [-0.25, -0.2) is 22.5 Å². The highest BCUT2D eigenvalue weighted by atomic mass is 19.3. The van der Waals surface area contributed by atoms with Crippen LogP contribution in [0.1, 0.15) is 97.9 Å². The summed E-state index contributed by atoms with van der Waals surface area (Å²) in [6.07, 6.45) is -3.70. The molecule has 1 aliphatic carbocycles. The standard InChI is InChI=1S/C39H39F6N7O2/c1-20-7-6-13-39(44,45)35-30(20)33(36(42)43)49-52(35)19-29(53)48-28(17-22-15-23(40)18-24(41)16-22)32-26(11-9-25(47-32)12-14-38(3,4)54)27-10-8-21(2)31-34(27)51(5)50-37(31)46/h8-11,15-16,18,20,28,36,54H,6-7,13,17,19H2,1-5H3,(H2,46,50)(H,48,53)/t20-,28-/m0/s1. The number of fused-ring (bicyclic) bond motifs is 2. The molecule has 3 aromatic heterocycles. The SMILES string of the molecule is Cc1ccc(-c2ccc(C#CC(C)(C)O)nc2[C@H](Cc2cc(F)cc(F)c2)NC(=O)Cn2nc(C(F)F)c3c2C(F)(F)CCC[C@@H]3C)c2c1c(N)nn2C. The number of nitrogen functional groups attached to an aromatic ring is 1. The van der Waals surface area contributed by atoms with Crippen molar-refractivity contribution in [3.63, 3.8) is 0 Å². The van der Waals surface area contributed by atoms with Gasteiger partial charge in [0, 0.05) is 41.6 Å². The van der Waals surface area contributed by atoms with Gasteiger partial charge in [-0.1, -0.05) is 25.0 Å². The third-order valence-electron chi connectivity index (χ3n) is 9.45. The minimum Gasteiger partial charge on any atom is -0.382 e. The van der Waals surface area contributed by atoms with Crippen LogP contribution in [-0.2, 0) is 30.7 Å². The molecule has 0 radical (unpaired) electrons. The lowest BCUT2D eigenvalue weighted by atomic mass is 9.93. The third-order valence-corrected chi connectivity index (χ3v) is 9.45. The molecule has 2 atom stereocenters. The molecular formula is C39H39F6N7O2. The van der Waals surface area contributed by atoms with Crippen LogP contribution >= 0.6 is 0 Å². The molecule has 15 heteroatoms. The Hall–Kier alpha value is -5.36. The molecule has 5 aromatic rings. The molecule has 54 heavy (non-hydrogen) atoms. The Morgan fingerprint density at radius 2 is 1.78 bits per heavy atom. The van der Waals surface area contributed by atoms with Gasteiger partial charge in [-0.15, -0.1) is 0 Å². The van der Waals surface area contributed by atoms with Crippen molar-refractivity contribution in [1.29, 1.82) is 0 Å². The summed E-state index contributed by atoms with van der Waals surface area (Å²) in [6.45, 7) is 5.52. The van der Waals surface area contributed by atoms with Crippen LogP contribution in [0.15, 0.2) is 42.5 Å². The summed E-state index contributed by atoms with van der Waals surface area (Å²) in [5.41, 5.74) is 5.96. The summed E-state index contributed by atoms with van der Waals surface area (Å²) in [5, 5.41) is 22.0. The minimum absolute atomic E-state index is 0.0831. The van der Waals surface area contributed by atoms with Crippen molar-refractivity contribution in [2.45, 2.75) is 89.8 Å². The van der Waals surface area contributed by atoms with Gasteiger partial charge in [0.25, 0.3) is 12.3 Å². The van der Waals surface area contributed by atoms with Gasteiger partial charge in [-0.2, -0.15) is 19.0 Å². The van der Waals surface area contributed by atoms with Gasteiger partial charge in [-0.05, 0) is 87.3 Å². The highest BCUT2D eigenvalue weighted by molar-refractivity contribution is 6.02. The van der Waals surface area contributed by atoms with Crippen molar-refractivity contribution in [1.82, 2.24) is 29.9 Å². The molecule has 0 spiro atoms. The van der Waals surface area contributed by atoms with Crippen molar-refractivity contribution in [2.75, 3.05) is 5.73 Å². The van der Waals surface area contributed by atoms with Crippen LogP contribution in [-0.4, -0.2) is 41.2 Å². The number of hydrogen-bond acceptors (Lipinski definition) is 6. The van der Waals surface area contributed by atoms with E-state index in [1.807, 2.05) is 13.0 Å². The van der Waals surface area contributed by atoms with E-state index in [1.165, 1.54) is 13.8 Å². The number of nitrogens with one attached hydrogen (secondary N) is 1. The number of aryl methyl sites for hydroxylation is 2. The van der Waals surface area contributed by atoms with Crippen molar-refractivity contribution in [3.8, 4) is 23.0 Å². The van der Waals surface area contributed by atoms with E-state index >= 15 is 8.78 Å². The summed E-state index contributed by atoms with van der Waals surface area (Å²) < 4.78 is 90.9. The number of hydrogen-bond donors (Lipinski definition) is 3. The molecule has 284 valence electrons. The number of carbonyl (C=O) groups excluding carboxylic acids is 1. The summed E-state index contributed by atoms with van der Waals surface area (Å²) in [6, 6.07) is 8.54. The zero-order valence-corrected chi connectivity index (χ0v) is 30.2. The first-order valence-electron chi connectivity index (χ1n) is 17.3. The minimum atomic E-state index is -3.54. The fourth-order valence-corrected chi connectivity index (χ4v) is 7.18. The highest BCUT2D eigenvalue weighted by Gasteiger charge is 2.44. The van der Waals surface area contributed by atoms with Crippen LogP contribution in [0.25, 0.3) is 22.0 Å². The lowest BCUT2D eigenvalue weighted by Crippen LogP contribution is -2.35. The predicted molar refractivity (Wildman–Crippen MR) is 191 cm³/mol. The molecule has 6 rings (SSSR count). The molecule has 2 aromatic carbocycles. The van der Waals surface area contributed by atoms with Gasteiger partial charge in [0.15, 0.2) is 5.82 Å². The van der Waals surface area contributed by atoms with Crippen molar-refractivity contribution < 1.29 is 36.2 Å². The number of anilines is 1. The van der Waals surface area contributed by atoms with Gasteiger partial charge in [0.05, 0.1) is 17.3 Å². The van der Waals surface area contributed by atoms with Crippen LogP contribution in [0.4, 0.5) is 32.2 Å². The van der Waals surface area contributed by atoms with Gasteiger partial charge < -0.3 is 16.2 Å². The molecule has 0 unspecified atom stereocenters. The Labute approximate surface area is 307 Å². The van der Waals surface area contributed by atoms with Crippen molar-refractivity contribution in [3.05, 3.63) is 93.6 Å². The molecule has 0 fully saturated rings. The average Bonchev–Trinajstić information content (AvgIpc) is 3.57. The van der Waals surface area contributed by atoms with E-state index in [0.29, 0.717) is 32.8 Å². The Bertz CT molecular complexity index is 2300. The van der Waals surface area contributed by atoms with Crippen LogP contribution in [0, 0.1) is 30.4 Å². The fourth-order valence-electron chi connectivity index (χ4n) is 7.18. The number of rotatable bonds is 8. The van der Waals surface area contributed by atoms with E-state index in [4.69, 9.17) is 10.7 Å². The number of amides is 1. The Kier molecular flexibility index (Phi) is 10.3. The van der Waals surface area contributed by atoms with Crippen LogP contribution in [0.5, 0.6) is 0 Å². The number of nitrogens with two attached hydrogens (primary N) is 1. The van der Waals surface area contributed by atoms with Gasteiger partial charge >= 0.3 is 0 Å². The van der Waals surface area contributed by atoms with Crippen LogP contribution < -0.4 is 11.1 Å². The van der Waals surface area contributed by atoms with E-state index in [-0.39, 0.29) is 47.6 Å². The van der Waals surface area contributed by atoms with Crippen molar-refractivity contribution in [2.24, 2.45) is 7.05 Å². The number of benzene rings is 2. The summed E-state index contributed by atoms with van der Waals surface area (Å²) >= 11 is 0. The second kappa shape index (κ2) is 14.5. The predicted octanol–water partition coefficient (Wildman–Crippen LogP) is 7.54. The monoisotopic (exact) mass is 751 g/mol. The zero-order chi connectivity index (χ0) is 39.3. The Morgan fingerprint density at radius 1 is 1.09 bits per heavy atom. The number of pyridine rings is 1. The van der Waals surface area contributed by atoms with E-state index in [9.17, 15) is 27.5 Å². The molecule has 9 nitrogen and oxygen atoms in total. The maximum absolute atomic E-state index is 15.6. The number of alkyl halides is 4. The van der Waals surface area contributed by atoms with Gasteiger partial charge in [0.1, 0.15) is 40.9 Å². The smallest absolute Gasteiger partial charge is 0.289 e. The Morgan fingerprint density at radius 3 is 2.44 bits per heavy atom. The lowest BCUT2D eigenvalue weighted by molar-refractivity contribution is -0.122. The number of carbonyl (C=O) groups is 1. The van der Waals surface area contributed by atoms with Gasteiger partial charge in [-0.3, -0.25) is 14.2 Å². The number of aliphatic hydroxyl groups is 1. The summed E-state index contributed by atoms with van der Waals surface area (Å²) in [7, 11) is 1.70. The second-order valence-electron chi connectivity index (χ2n) is 14.3. The van der Waals surface area contributed by atoms with E-state index in [0.717, 1.165) is 17.7 Å².